The molecular weight excluding hydrogens is 300 g/mol. The first-order chi connectivity index (χ1) is 10.5. The van der Waals surface area contributed by atoms with Crippen molar-refractivity contribution in [2.24, 2.45) is 0 Å². The fraction of sp³-hybridized carbons (Fsp3) is 0.235. The second-order valence-electron chi connectivity index (χ2n) is 5.06. The van der Waals surface area contributed by atoms with Crippen molar-refractivity contribution in [1.29, 1.82) is 0 Å². The number of amides is 1. The molecule has 2 aromatic rings. The van der Waals surface area contributed by atoms with E-state index < -0.39 is 0 Å². The van der Waals surface area contributed by atoms with E-state index in [0.717, 1.165) is 16.8 Å². The smallest absolute Gasteiger partial charge is 0.243 e. The normalized spacial score (nSPS) is 10.2. The number of nitrogens with one attached hydrogen (secondary N) is 2. The molecule has 0 spiro atoms. The van der Waals surface area contributed by atoms with E-state index in [9.17, 15) is 4.79 Å². The molecule has 0 saturated heterocycles. The van der Waals surface area contributed by atoms with E-state index in [1.54, 1.807) is 13.2 Å². The Labute approximate surface area is 135 Å². The second-order valence-corrected chi connectivity index (χ2v) is 5.50. The zero-order valence-electron chi connectivity index (χ0n) is 12.9. The molecule has 0 bridgehead atoms. The molecule has 4 nitrogen and oxygen atoms in total. The molecule has 116 valence electrons. The van der Waals surface area contributed by atoms with Crippen molar-refractivity contribution in [2.45, 2.75) is 13.8 Å². The average Bonchev–Trinajstić information content (AvgIpc) is 2.48. The quantitative estimate of drug-likeness (QED) is 0.875. The van der Waals surface area contributed by atoms with Crippen LogP contribution in [0.2, 0.25) is 5.02 Å². The molecule has 0 aliphatic heterocycles. The molecule has 2 N–H and O–H groups in total. The number of aryl methyl sites for hydroxylation is 2. The number of methoxy groups -OCH3 is 1. The summed E-state index contributed by atoms with van der Waals surface area (Å²) in [6, 6.07) is 11.2. The number of benzene rings is 2. The molecule has 2 rings (SSSR count). The fourth-order valence-corrected chi connectivity index (χ4v) is 2.25. The molecule has 0 aliphatic rings. The van der Waals surface area contributed by atoms with Gasteiger partial charge >= 0.3 is 0 Å². The molecule has 0 aliphatic carbocycles. The van der Waals surface area contributed by atoms with E-state index in [-0.39, 0.29) is 12.5 Å². The Morgan fingerprint density at radius 3 is 2.64 bits per heavy atom. The third kappa shape index (κ3) is 4.15. The molecule has 5 heteroatoms. The Bertz CT molecular complexity index is 686. The molecular formula is C17H19ClN2O2. The zero-order chi connectivity index (χ0) is 16.1. The van der Waals surface area contributed by atoms with Crippen LogP contribution in [-0.4, -0.2) is 19.6 Å². The first-order valence-corrected chi connectivity index (χ1v) is 7.32. The van der Waals surface area contributed by atoms with Crippen molar-refractivity contribution in [3.63, 3.8) is 0 Å². The van der Waals surface area contributed by atoms with Gasteiger partial charge in [-0.15, -0.1) is 0 Å². The lowest BCUT2D eigenvalue weighted by Gasteiger charge is -2.13. The van der Waals surface area contributed by atoms with Crippen LogP contribution < -0.4 is 15.4 Å². The summed E-state index contributed by atoms with van der Waals surface area (Å²) in [4.78, 5) is 12.1. The van der Waals surface area contributed by atoms with E-state index in [0.29, 0.717) is 16.5 Å². The van der Waals surface area contributed by atoms with Crippen LogP contribution in [0.4, 0.5) is 11.4 Å². The molecule has 0 saturated carbocycles. The molecule has 0 fully saturated rings. The highest BCUT2D eigenvalue weighted by atomic mass is 35.5. The second kappa shape index (κ2) is 7.18. The van der Waals surface area contributed by atoms with Gasteiger partial charge in [0.2, 0.25) is 5.91 Å². The highest BCUT2D eigenvalue weighted by Crippen LogP contribution is 2.25. The average molecular weight is 319 g/mol. The highest BCUT2D eigenvalue weighted by Gasteiger charge is 2.08. The minimum Gasteiger partial charge on any atom is -0.495 e. The maximum absolute atomic E-state index is 12.1. The third-order valence-electron chi connectivity index (χ3n) is 3.27. The first-order valence-electron chi connectivity index (χ1n) is 6.94. The predicted octanol–water partition coefficient (Wildman–Crippen LogP) is 4.02. The lowest BCUT2D eigenvalue weighted by atomic mass is 10.2. The molecule has 0 heterocycles. The molecule has 0 aromatic heterocycles. The van der Waals surface area contributed by atoms with Crippen molar-refractivity contribution < 1.29 is 9.53 Å². The molecule has 0 atom stereocenters. The van der Waals surface area contributed by atoms with Crippen LogP contribution in [0.3, 0.4) is 0 Å². The molecule has 0 unspecified atom stereocenters. The van der Waals surface area contributed by atoms with E-state index in [4.69, 9.17) is 16.3 Å². The monoisotopic (exact) mass is 318 g/mol. The summed E-state index contributed by atoms with van der Waals surface area (Å²) in [5, 5.41) is 6.57. The van der Waals surface area contributed by atoms with Gasteiger partial charge in [0.1, 0.15) is 5.75 Å². The van der Waals surface area contributed by atoms with Gasteiger partial charge in [-0.05, 0) is 49.2 Å². The van der Waals surface area contributed by atoms with Gasteiger partial charge in [-0.2, -0.15) is 0 Å². The van der Waals surface area contributed by atoms with E-state index in [1.165, 1.54) is 0 Å². The number of hydrogen-bond donors (Lipinski definition) is 2. The summed E-state index contributed by atoms with van der Waals surface area (Å²) in [5.41, 5.74) is 3.59. The molecule has 2 aromatic carbocycles. The summed E-state index contributed by atoms with van der Waals surface area (Å²) < 4.78 is 5.25. The standard InChI is InChI=1S/C17H19ClN2O2/c1-11-4-7-16(22-3)15(8-11)20-17(21)10-19-14-9-13(18)6-5-12(14)2/h4-9,19H,10H2,1-3H3,(H,20,21). The van der Waals surface area contributed by atoms with Crippen LogP contribution >= 0.6 is 11.6 Å². The van der Waals surface area contributed by atoms with Gasteiger partial charge in [-0.1, -0.05) is 23.7 Å². The van der Waals surface area contributed by atoms with Gasteiger partial charge in [0.05, 0.1) is 19.3 Å². The molecule has 22 heavy (non-hydrogen) atoms. The number of hydrogen-bond acceptors (Lipinski definition) is 3. The lowest BCUT2D eigenvalue weighted by molar-refractivity contribution is -0.114. The lowest BCUT2D eigenvalue weighted by Crippen LogP contribution is -2.22. The molecule has 0 radical (unpaired) electrons. The third-order valence-corrected chi connectivity index (χ3v) is 3.50. The van der Waals surface area contributed by atoms with Crippen LogP contribution in [0, 0.1) is 13.8 Å². The Kier molecular flexibility index (Phi) is 5.28. The van der Waals surface area contributed by atoms with Crippen molar-refractivity contribution in [3.05, 3.63) is 52.5 Å². The van der Waals surface area contributed by atoms with Crippen molar-refractivity contribution in [1.82, 2.24) is 0 Å². The maximum Gasteiger partial charge on any atom is 0.243 e. The Balaban J connectivity index is 2.01. The van der Waals surface area contributed by atoms with Gasteiger partial charge < -0.3 is 15.4 Å². The summed E-state index contributed by atoms with van der Waals surface area (Å²) in [6.45, 7) is 4.07. The number of carbonyl (C=O) groups excluding carboxylic acids is 1. The largest absolute Gasteiger partial charge is 0.495 e. The number of carbonyl (C=O) groups is 1. The number of halogens is 1. The van der Waals surface area contributed by atoms with Crippen LogP contribution in [0.5, 0.6) is 5.75 Å². The van der Waals surface area contributed by atoms with Crippen molar-refractivity contribution in [2.75, 3.05) is 24.3 Å². The summed E-state index contributed by atoms with van der Waals surface area (Å²) in [7, 11) is 1.58. The minimum atomic E-state index is -0.150. The maximum atomic E-state index is 12.1. The van der Waals surface area contributed by atoms with Crippen LogP contribution in [0.1, 0.15) is 11.1 Å². The van der Waals surface area contributed by atoms with E-state index in [2.05, 4.69) is 10.6 Å². The summed E-state index contributed by atoms with van der Waals surface area (Å²) in [5.74, 6) is 0.487. The fourth-order valence-electron chi connectivity index (χ4n) is 2.07. The predicted molar refractivity (Wildman–Crippen MR) is 91.0 cm³/mol. The highest BCUT2D eigenvalue weighted by molar-refractivity contribution is 6.30. The first kappa shape index (κ1) is 16.2. The van der Waals surface area contributed by atoms with Crippen LogP contribution in [-0.2, 0) is 4.79 Å². The Morgan fingerprint density at radius 1 is 1.14 bits per heavy atom. The Hall–Kier alpha value is -2.20. The molecule has 1 amide bonds. The topological polar surface area (TPSA) is 50.4 Å². The van der Waals surface area contributed by atoms with Gasteiger partial charge in [-0.25, -0.2) is 0 Å². The van der Waals surface area contributed by atoms with E-state index >= 15 is 0 Å². The summed E-state index contributed by atoms with van der Waals surface area (Å²) >= 11 is 5.96. The number of ether oxygens (including phenoxy) is 1. The Morgan fingerprint density at radius 2 is 1.91 bits per heavy atom. The van der Waals surface area contributed by atoms with Crippen molar-refractivity contribution in [3.8, 4) is 5.75 Å². The minimum absolute atomic E-state index is 0.150. The van der Waals surface area contributed by atoms with Crippen LogP contribution in [0.25, 0.3) is 0 Å². The van der Waals surface area contributed by atoms with Gasteiger partial charge in [-0.3, -0.25) is 4.79 Å². The van der Waals surface area contributed by atoms with Gasteiger partial charge in [0.15, 0.2) is 0 Å². The van der Waals surface area contributed by atoms with Crippen molar-refractivity contribution >= 4 is 28.9 Å². The zero-order valence-corrected chi connectivity index (χ0v) is 13.6. The van der Waals surface area contributed by atoms with E-state index in [1.807, 2.05) is 44.2 Å². The van der Waals surface area contributed by atoms with Gasteiger partial charge in [0.25, 0.3) is 0 Å². The SMILES string of the molecule is COc1ccc(C)cc1NC(=O)CNc1cc(Cl)ccc1C. The van der Waals surface area contributed by atoms with Gasteiger partial charge in [0, 0.05) is 10.7 Å². The number of rotatable bonds is 5. The number of anilines is 2. The van der Waals surface area contributed by atoms with Crippen LogP contribution in [0.15, 0.2) is 36.4 Å². The summed E-state index contributed by atoms with van der Waals surface area (Å²) in [6.07, 6.45) is 0.